The summed E-state index contributed by atoms with van der Waals surface area (Å²) < 4.78 is 10.4. The highest BCUT2D eigenvalue weighted by Gasteiger charge is 2.48. The predicted molar refractivity (Wildman–Crippen MR) is 83.7 cm³/mol. The van der Waals surface area contributed by atoms with Crippen molar-refractivity contribution in [3.05, 3.63) is 17.2 Å². The van der Waals surface area contributed by atoms with Gasteiger partial charge in [0, 0.05) is 13.0 Å². The lowest BCUT2D eigenvalue weighted by molar-refractivity contribution is -0.241. The molecule has 10 nitrogen and oxygen atoms in total. The number of benzene rings is 1. The van der Waals surface area contributed by atoms with Gasteiger partial charge in [0.05, 0.1) is 12.2 Å². The number of ketones is 1. The molecule has 10 heteroatoms. The second-order valence-corrected chi connectivity index (χ2v) is 5.94. The molecule has 1 fully saturated rings. The van der Waals surface area contributed by atoms with Crippen molar-refractivity contribution >= 4 is 11.8 Å². The molecule has 1 aromatic rings. The van der Waals surface area contributed by atoms with Gasteiger partial charge in [-0.2, -0.15) is 0 Å². The van der Waals surface area contributed by atoms with Crippen LogP contribution in [-0.2, 0) is 14.3 Å². The van der Waals surface area contributed by atoms with E-state index in [2.05, 4.69) is 0 Å². The second kappa shape index (κ2) is 7.46. The quantitative estimate of drug-likeness (QED) is 0.287. The van der Waals surface area contributed by atoms with Crippen LogP contribution in [0.25, 0.3) is 0 Å². The van der Waals surface area contributed by atoms with Crippen LogP contribution in [0.5, 0.6) is 17.2 Å². The summed E-state index contributed by atoms with van der Waals surface area (Å²) in [6.07, 6.45) is -7.76. The number of phenols is 3. The molecule has 0 saturated carbocycles. The number of esters is 1. The number of Topliss-reactive ketones (excluding diaryl/α,β-unsaturated/α-hetero) is 1. The highest BCUT2D eigenvalue weighted by molar-refractivity contribution is 6.00. The summed E-state index contributed by atoms with van der Waals surface area (Å²) in [6.45, 7) is 1.38. The van der Waals surface area contributed by atoms with Crippen molar-refractivity contribution in [2.24, 2.45) is 0 Å². The van der Waals surface area contributed by atoms with Gasteiger partial charge in [-0.3, -0.25) is 9.59 Å². The van der Waals surface area contributed by atoms with Crippen molar-refractivity contribution < 1.29 is 49.7 Å². The zero-order valence-corrected chi connectivity index (χ0v) is 14.0. The van der Waals surface area contributed by atoms with Crippen LogP contribution in [-0.4, -0.2) is 73.4 Å². The smallest absolute Gasteiger partial charge is 0.303 e. The molecular formula is C16H20O10. The third-order valence-corrected chi connectivity index (χ3v) is 4.10. The Labute approximate surface area is 147 Å². The van der Waals surface area contributed by atoms with E-state index < -0.39 is 77.3 Å². The standard InChI is InChI=1S/C16H20O10/c1-5(18)10-7(20)3-8(21)11(13(10)23)15-16(25-6(2)19)14(24)12(22)9(4-17)26-15/h3,9,12,14-17,20-24H,4H2,1-2H3/t9-,12-,14+,15+,16-/m1/s1. The van der Waals surface area contributed by atoms with Crippen molar-refractivity contribution in [3.63, 3.8) is 0 Å². The number of aromatic hydroxyl groups is 3. The lowest BCUT2D eigenvalue weighted by atomic mass is 9.88. The minimum absolute atomic E-state index is 0.441. The third kappa shape index (κ3) is 3.44. The SMILES string of the molecule is CC(=O)O[C@@H]1[C@@H](O)[C@H](O)[C@@H](CO)O[C@H]1c1c(O)cc(O)c(C(C)=O)c1O. The molecule has 0 amide bonds. The summed E-state index contributed by atoms with van der Waals surface area (Å²) in [5.74, 6) is -3.79. The number of carbonyl (C=O) groups is 2. The molecule has 0 radical (unpaired) electrons. The van der Waals surface area contributed by atoms with E-state index in [9.17, 15) is 40.2 Å². The Bertz CT molecular complexity index is 715. The van der Waals surface area contributed by atoms with Crippen LogP contribution in [0.1, 0.15) is 35.9 Å². The first-order valence-electron chi connectivity index (χ1n) is 7.68. The van der Waals surface area contributed by atoms with Gasteiger partial charge >= 0.3 is 5.97 Å². The molecule has 1 aliphatic heterocycles. The normalized spacial score (nSPS) is 28.6. The van der Waals surface area contributed by atoms with Gasteiger partial charge in [-0.1, -0.05) is 0 Å². The number of hydrogen-bond donors (Lipinski definition) is 6. The average molecular weight is 372 g/mol. The lowest BCUT2D eigenvalue weighted by Crippen LogP contribution is -2.56. The molecule has 0 bridgehead atoms. The van der Waals surface area contributed by atoms with E-state index in [-0.39, 0.29) is 0 Å². The molecule has 6 N–H and O–H groups in total. The summed E-state index contributed by atoms with van der Waals surface area (Å²) in [4.78, 5) is 23.0. The van der Waals surface area contributed by atoms with Gasteiger partial charge in [0.2, 0.25) is 0 Å². The predicted octanol–water partition coefficient (Wildman–Crippen LogP) is -0.908. The fraction of sp³-hybridized carbons (Fsp3) is 0.500. The van der Waals surface area contributed by atoms with Gasteiger partial charge in [-0.15, -0.1) is 0 Å². The van der Waals surface area contributed by atoms with E-state index in [1.807, 2.05) is 0 Å². The van der Waals surface area contributed by atoms with Crippen molar-refractivity contribution in [1.82, 2.24) is 0 Å². The molecule has 1 heterocycles. The Morgan fingerprint density at radius 2 is 1.73 bits per heavy atom. The Hall–Kier alpha value is -2.40. The Kier molecular flexibility index (Phi) is 5.71. The molecular weight excluding hydrogens is 352 g/mol. The van der Waals surface area contributed by atoms with Crippen LogP contribution in [0.4, 0.5) is 0 Å². The van der Waals surface area contributed by atoms with Crippen molar-refractivity contribution in [1.29, 1.82) is 0 Å². The average Bonchev–Trinajstić information content (AvgIpc) is 2.52. The minimum atomic E-state index is -1.72. The van der Waals surface area contributed by atoms with Crippen LogP contribution in [0, 0.1) is 0 Å². The maximum atomic E-state index is 11.7. The molecule has 144 valence electrons. The maximum absolute atomic E-state index is 11.7. The van der Waals surface area contributed by atoms with Gasteiger partial charge in [-0.05, 0) is 6.92 Å². The van der Waals surface area contributed by atoms with Crippen LogP contribution in [0.15, 0.2) is 6.07 Å². The summed E-state index contributed by atoms with van der Waals surface area (Å²) in [6, 6.07) is 0.783. The number of ether oxygens (including phenoxy) is 2. The highest BCUT2D eigenvalue weighted by Crippen LogP contribution is 2.46. The molecule has 0 aromatic heterocycles. The van der Waals surface area contributed by atoms with Crippen LogP contribution < -0.4 is 0 Å². The summed E-state index contributed by atoms with van der Waals surface area (Å²) in [7, 11) is 0. The van der Waals surface area contributed by atoms with E-state index in [1.165, 1.54) is 0 Å². The fourth-order valence-corrected chi connectivity index (χ4v) is 2.93. The topological polar surface area (TPSA) is 174 Å². The van der Waals surface area contributed by atoms with Crippen LogP contribution in [0.2, 0.25) is 0 Å². The molecule has 26 heavy (non-hydrogen) atoms. The molecule has 0 unspecified atom stereocenters. The zero-order valence-electron chi connectivity index (χ0n) is 14.0. The molecule has 1 aliphatic rings. The van der Waals surface area contributed by atoms with E-state index in [4.69, 9.17) is 9.47 Å². The summed E-state index contributed by atoms with van der Waals surface area (Å²) >= 11 is 0. The first-order chi connectivity index (χ1) is 12.1. The summed E-state index contributed by atoms with van der Waals surface area (Å²) in [5.41, 5.74) is -0.951. The van der Waals surface area contributed by atoms with Gasteiger partial charge in [0.15, 0.2) is 11.9 Å². The lowest BCUT2D eigenvalue weighted by Gasteiger charge is -2.42. The Morgan fingerprint density at radius 1 is 1.12 bits per heavy atom. The van der Waals surface area contributed by atoms with E-state index in [0.29, 0.717) is 0 Å². The molecule has 1 saturated heterocycles. The van der Waals surface area contributed by atoms with E-state index in [0.717, 1.165) is 19.9 Å². The van der Waals surface area contributed by atoms with Gasteiger partial charge in [0.25, 0.3) is 0 Å². The molecule has 1 aromatic carbocycles. The van der Waals surface area contributed by atoms with Crippen molar-refractivity contribution in [2.75, 3.05) is 6.61 Å². The maximum Gasteiger partial charge on any atom is 0.303 e. The van der Waals surface area contributed by atoms with Gasteiger partial charge in [-0.25, -0.2) is 0 Å². The Morgan fingerprint density at radius 3 is 2.23 bits per heavy atom. The largest absolute Gasteiger partial charge is 0.507 e. The van der Waals surface area contributed by atoms with E-state index >= 15 is 0 Å². The van der Waals surface area contributed by atoms with Crippen LogP contribution >= 0.6 is 0 Å². The van der Waals surface area contributed by atoms with Crippen LogP contribution in [0.3, 0.4) is 0 Å². The monoisotopic (exact) mass is 372 g/mol. The first kappa shape index (κ1) is 19.9. The Balaban J connectivity index is 2.63. The van der Waals surface area contributed by atoms with Crippen molar-refractivity contribution in [3.8, 4) is 17.2 Å². The fourth-order valence-electron chi connectivity index (χ4n) is 2.93. The molecule has 5 atom stereocenters. The highest BCUT2D eigenvalue weighted by atomic mass is 16.6. The molecule has 0 spiro atoms. The number of aliphatic hydroxyl groups excluding tert-OH is 3. The first-order valence-corrected chi connectivity index (χ1v) is 7.68. The van der Waals surface area contributed by atoms with Gasteiger partial charge in [0.1, 0.15) is 47.2 Å². The number of aliphatic hydroxyl groups is 3. The third-order valence-electron chi connectivity index (χ3n) is 4.10. The second-order valence-electron chi connectivity index (χ2n) is 5.94. The number of carbonyl (C=O) groups excluding carboxylic acids is 2. The van der Waals surface area contributed by atoms with Gasteiger partial charge < -0.3 is 40.1 Å². The van der Waals surface area contributed by atoms with Crippen molar-refractivity contribution in [2.45, 2.75) is 44.4 Å². The summed E-state index contributed by atoms with van der Waals surface area (Å²) in [5, 5.41) is 59.8. The van der Waals surface area contributed by atoms with E-state index in [1.54, 1.807) is 0 Å². The number of phenolic OH excluding ortho intramolecular Hbond substituents is 3. The molecule has 0 aliphatic carbocycles. The zero-order chi connectivity index (χ0) is 19.8. The number of hydrogen-bond acceptors (Lipinski definition) is 10. The minimum Gasteiger partial charge on any atom is -0.507 e. The number of rotatable bonds is 4. The molecule has 2 rings (SSSR count).